The largest absolute Gasteiger partial charge is 0.463 e. The van der Waals surface area contributed by atoms with Gasteiger partial charge in [0, 0.05) is 5.54 Å². The van der Waals surface area contributed by atoms with Crippen molar-refractivity contribution in [1.29, 1.82) is 0 Å². The molecule has 1 aromatic rings. The van der Waals surface area contributed by atoms with Crippen LogP contribution in [0.4, 0.5) is 13.2 Å². The zero-order chi connectivity index (χ0) is 16.6. The highest BCUT2D eigenvalue weighted by Crippen LogP contribution is 2.43. The topological polar surface area (TPSA) is 62.5 Å². The summed E-state index contributed by atoms with van der Waals surface area (Å²) in [5, 5.41) is 12.7. The summed E-state index contributed by atoms with van der Waals surface area (Å²) in [6, 6.07) is 2.37. The van der Waals surface area contributed by atoms with E-state index in [0.717, 1.165) is 25.3 Å². The second-order valence-corrected chi connectivity index (χ2v) is 5.98. The number of halogens is 3. The normalized spacial score (nSPS) is 20.1. The van der Waals surface area contributed by atoms with Crippen LogP contribution < -0.4 is 5.32 Å². The lowest BCUT2D eigenvalue weighted by atomic mass is 9.74. The SMILES string of the molecule is CCC1(NC(=O)CC(O)(c2ccc(C)o2)C(F)(F)F)CCC1. The van der Waals surface area contributed by atoms with Gasteiger partial charge in [-0.05, 0) is 44.7 Å². The number of amides is 1. The van der Waals surface area contributed by atoms with Crippen molar-refractivity contribution in [3.63, 3.8) is 0 Å². The van der Waals surface area contributed by atoms with E-state index in [-0.39, 0.29) is 5.76 Å². The maximum Gasteiger partial charge on any atom is 0.425 e. The predicted octanol–water partition coefficient (Wildman–Crippen LogP) is 3.18. The molecule has 1 heterocycles. The van der Waals surface area contributed by atoms with E-state index >= 15 is 0 Å². The van der Waals surface area contributed by atoms with Crippen LogP contribution in [-0.4, -0.2) is 22.7 Å². The number of carbonyl (C=O) groups excluding carboxylic acids is 1. The third-order valence-electron chi connectivity index (χ3n) is 4.43. The Balaban J connectivity index is 2.19. The van der Waals surface area contributed by atoms with E-state index in [4.69, 9.17) is 4.42 Å². The first-order chi connectivity index (χ1) is 10.1. The first-order valence-corrected chi connectivity index (χ1v) is 7.29. The number of nitrogens with one attached hydrogen (secondary N) is 1. The van der Waals surface area contributed by atoms with Gasteiger partial charge in [-0.3, -0.25) is 4.79 Å². The Morgan fingerprint density at radius 1 is 1.41 bits per heavy atom. The number of carbonyl (C=O) groups is 1. The van der Waals surface area contributed by atoms with Gasteiger partial charge in [-0.25, -0.2) is 0 Å². The molecule has 0 aromatic carbocycles. The predicted molar refractivity (Wildman–Crippen MR) is 73.0 cm³/mol. The molecule has 2 rings (SSSR count). The van der Waals surface area contributed by atoms with Crippen molar-refractivity contribution in [3.8, 4) is 0 Å². The van der Waals surface area contributed by atoms with Crippen LogP contribution >= 0.6 is 0 Å². The highest BCUT2D eigenvalue weighted by atomic mass is 19.4. The average molecular weight is 319 g/mol. The molecule has 1 atom stereocenters. The maximum absolute atomic E-state index is 13.3. The van der Waals surface area contributed by atoms with E-state index in [2.05, 4.69) is 5.32 Å². The summed E-state index contributed by atoms with van der Waals surface area (Å²) >= 11 is 0. The lowest BCUT2D eigenvalue weighted by Gasteiger charge is -2.42. The summed E-state index contributed by atoms with van der Waals surface area (Å²) in [7, 11) is 0. The fraction of sp³-hybridized carbons (Fsp3) is 0.667. The molecule has 1 aliphatic carbocycles. The van der Waals surface area contributed by atoms with Crippen molar-refractivity contribution in [2.24, 2.45) is 0 Å². The maximum atomic E-state index is 13.3. The Labute approximate surface area is 126 Å². The van der Waals surface area contributed by atoms with Gasteiger partial charge in [0.1, 0.15) is 11.5 Å². The van der Waals surface area contributed by atoms with Gasteiger partial charge in [-0.2, -0.15) is 13.2 Å². The lowest BCUT2D eigenvalue weighted by Crippen LogP contribution is -2.55. The second kappa shape index (κ2) is 5.61. The molecule has 0 aliphatic heterocycles. The van der Waals surface area contributed by atoms with E-state index < -0.39 is 35.4 Å². The summed E-state index contributed by atoms with van der Waals surface area (Å²) in [6.07, 6.45) is -3.02. The Morgan fingerprint density at radius 2 is 2.05 bits per heavy atom. The minimum atomic E-state index is -5.01. The fourth-order valence-corrected chi connectivity index (χ4v) is 2.73. The van der Waals surface area contributed by atoms with E-state index in [1.165, 1.54) is 13.0 Å². The fourth-order valence-electron chi connectivity index (χ4n) is 2.73. The van der Waals surface area contributed by atoms with Crippen LogP contribution in [0.5, 0.6) is 0 Å². The molecular formula is C15H20F3NO3. The summed E-state index contributed by atoms with van der Waals surface area (Å²) in [5.74, 6) is -1.25. The molecule has 1 saturated carbocycles. The summed E-state index contributed by atoms with van der Waals surface area (Å²) in [6.45, 7) is 3.35. The van der Waals surface area contributed by atoms with Crippen molar-refractivity contribution in [2.45, 2.75) is 63.3 Å². The Morgan fingerprint density at radius 3 is 2.41 bits per heavy atom. The van der Waals surface area contributed by atoms with Crippen molar-refractivity contribution in [3.05, 3.63) is 23.7 Å². The summed E-state index contributed by atoms with van der Waals surface area (Å²) in [5.41, 5.74) is -3.74. The molecule has 1 amide bonds. The lowest BCUT2D eigenvalue weighted by molar-refractivity contribution is -0.273. The number of alkyl halides is 3. The van der Waals surface area contributed by atoms with Crippen molar-refractivity contribution < 1.29 is 27.5 Å². The quantitative estimate of drug-likeness (QED) is 0.876. The summed E-state index contributed by atoms with van der Waals surface area (Å²) < 4.78 is 44.8. The van der Waals surface area contributed by atoms with Crippen LogP contribution in [0.15, 0.2) is 16.5 Å². The third-order valence-corrected chi connectivity index (χ3v) is 4.43. The highest BCUT2D eigenvalue weighted by molar-refractivity contribution is 5.78. The average Bonchev–Trinajstić information content (AvgIpc) is 2.79. The molecule has 22 heavy (non-hydrogen) atoms. The van der Waals surface area contributed by atoms with Crippen LogP contribution in [0, 0.1) is 6.92 Å². The molecule has 0 radical (unpaired) electrons. The van der Waals surface area contributed by atoms with Crippen molar-refractivity contribution >= 4 is 5.91 Å². The van der Waals surface area contributed by atoms with Gasteiger partial charge in [0.2, 0.25) is 11.5 Å². The molecule has 0 saturated heterocycles. The molecule has 1 aromatic heterocycles. The number of furan rings is 1. The molecule has 1 fully saturated rings. The Hall–Kier alpha value is -1.50. The minimum Gasteiger partial charge on any atom is -0.463 e. The van der Waals surface area contributed by atoms with Gasteiger partial charge >= 0.3 is 6.18 Å². The first kappa shape index (κ1) is 16.9. The number of rotatable bonds is 5. The smallest absolute Gasteiger partial charge is 0.425 e. The van der Waals surface area contributed by atoms with Crippen LogP contribution in [0.25, 0.3) is 0 Å². The van der Waals surface area contributed by atoms with Crippen LogP contribution in [0.1, 0.15) is 50.5 Å². The molecule has 2 N–H and O–H groups in total. The van der Waals surface area contributed by atoms with Gasteiger partial charge in [0.15, 0.2) is 0 Å². The van der Waals surface area contributed by atoms with Crippen LogP contribution in [0.3, 0.4) is 0 Å². The highest BCUT2D eigenvalue weighted by Gasteiger charge is 2.58. The molecule has 4 nitrogen and oxygen atoms in total. The number of hydrogen-bond acceptors (Lipinski definition) is 3. The second-order valence-electron chi connectivity index (χ2n) is 5.98. The molecular weight excluding hydrogens is 299 g/mol. The standard InChI is InChI=1S/C15H20F3NO3/c1-3-13(7-4-8-13)19-12(20)9-14(21,15(16,17)18)11-6-5-10(2)22-11/h5-6,21H,3-4,7-9H2,1-2H3,(H,19,20). The first-order valence-electron chi connectivity index (χ1n) is 7.29. The van der Waals surface area contributed by atoms with Gasteiger partial charge in [0.05, 0.1) is 6.42 Å². The van der Waals surface area contributed by atoms with E-state index in [1.807, 2.05) is 6.92 Å². The number of aliphatic hydroxyl groups is 1. The van der Waals surface area contributed by atoms with Crippen molar-refractivity contribution in [2.75, 3.05) is 0 Å². The molecule has 1 aliphatic rings. The minimum absolute atomic E-state index is 0.238. The van der Waals surface area contributed by atoms with Crippen molar-refractivity contribution in [1.82, 2.24) is 5.32 Å². The van der Waals surface area contributed by atoms with Crippen LogP contribution in [0.2, 0.25) is 0 Å². The zero-order valence-electron chi connectivity index (χ0n) is 12.6. The molecule has 1 unspecified atom stereocenters. The molecule has 7 heteroatoms. The molecule has 0 bridgehead atoms. The Bertz CT molecular complexity index is 543. The summed E-state index contributed by atoms with van der Waals surface area (Å²) in [4.78, 5) is 12.0. The van der Waals surface area contributed by atoms with Gasteiger partial charge in [-0.15, -0.1) is 0 Å². The van der Waals surface area contributed by atoms with Gasteiger partial charge in [0.25, 0.3) is 0 Å². The number of hydrogen-bond donors (Lipinski definition) is 2. The third kappa shape index (κ3) is 2.99. The Kier molecular flexibility index (Phi) is 4.30. The number of aryl methyl sites for hydroxylation is 1. The zero-order valence-corrected chi connectivity index (χ0v) is 12.6. The van der Waals surface area contributed by atoms with E-state index in [9.17, 15) is 23.1 Å². The van der Waals surface area contributed by atoms with E-state index in [0.29, 0.717) is 6.42 Å². The van der Waals surface area contributed by atoms with Gasteiger partial charge in [-0.1, -0.05) is 6.92 Å². The van der Waals surface area contributed by atoms with E-state index in [1.54, 1.807) is 0 Å². The monoisotopic (exact) mass is 319 g/mol. The van der Waals surface area contributed by atoms with Gasteiger partial charge < -0.3 is 14.8 Å². The van der Waals surface area contributed by atoms with Crippen LogP contribution in [-0.2, 0) is 10.4 Å². The molecule has 0 spiro atoms. The molecule has 124 valence electrons.